The number of nitrogens with two attached hydrogens (primary N) is 1. The Morgan fingerprint density at radius 3 is 1.69 bits per heavy atom. The van der Waals surface area contributed by atoms with Gasteiger partial charge in [-0.15, -0.1) is 0 Å². The summed E-state index contributed by atoms with van der Waals surface area (Å²) in [5.41, 5.74) is 5.35. The smallest absolute Gasteiger partial charge is 0.457 e. The van der Waals surface area contributed by atoms with E-state index in [4.69, 9.17) is 24.3 Å². The summed E-state index contributed by atoms with van der Waals surface area (Å²) >= 11 is 0. The lowest BCUT2D eigenvalue weighted by molar-refractivity contribution is -0.154. The van der Waals surface area contributed by atoms with Gasteiger partial charge in [-0.25, -0.2) is 4.57 Å². The van der Waals surface area contributed by atoms with Crippen LogP contribution in [0.25, 0.3) is 0 Å². The van der Waals surface area contributed by atoms with E-state index < -0.39 is 13.9 Å². The van der Waals surface area contributed by atoms with Crippen molar-refractivity contribution in [3.05, 3.63) is 36.5 Å². The number of hydrogen-bond acceptors (Lipinski definition) is 7. The van der Waals surface area contributed by atoms with Gasteiger partial charge in [0.05, 0.1) is 19.8 Å². The highest BCUT2D eigenvalue weighted by molar-refractivity contribution is 7.47. The number of hydrogen-bond donors (Lipinski definition) is 2. The molecule has 3 N–H and O–H groups in total. The van der Waals surface area contributed by atoms with Gasteiger partial charge in [0.25, 0.3) is 0 Å². The zero-order valence-electron chi connectivity index (χ0n) is 31.0. The van der Waals surface area contributed by atoms with E-state index in [9.17, 15) is 14.3 Å². The van der Waals surface area contributed by atoms with Gasteiger partial charge in [-0.3, -0.25) is 13.8 Å². The predicted octanol–water partition coefficient (Wildman–Crippen LogP) is 11.1. The van der Waals surface area contributed by atoms with Gasteiger partial charge in [0.15, 0.2) is 0 Å². The van der Waals surface area contributed by atoms with Gasteiger partial charge in [-0.1, -0.05) is 127 Å². The number of unbranched alkanes of at least 4 members (excludes halogenated alkanes) is 18. The van der Waals surface area contributed by atoms with Crippen molar-refractivity contribution in [2.45, 2.75) is 174 Å². The average Bonchev–Trinajstić information content (AvgIpc) is 3.07. The van der Waals surface area contributed by atoms with Crippen molar-refractivity contribution in [3.8, 4) is 0 Å². The van der Waals surface area contributed by atoms with Crippen LogP contribution in [0.1, 0.15) is 168 Å². The van der Waals surface area contributed by atoms with Crippen molar-refractivity contribution < 1.29 is 32.8 Å². The van der Waals surface area contributed by atoms with E-state index in [2.05, 4.69) is 50.3 Å². The molecular formula is C39H74NO7P. The number of phosphoric acid groups is 1. The van der Waals surface area contributed by atoms with Crippen LogP contribution in [-0.2, 0) is 27.9 Å². The quantitative estimate of drug-likeness (QED) is 0.0285. The van der Waals surface area contributed by atoms with Gasteiger partial charge in [0.1, 0.15) is 6.10 Å². The molecule has 0 aromatic carbocycles. The Morgan fingerprint density at radius 2 is 1.10 bits per heavy atom. The van der Waals surface area contributed by atoms with Gasteiger partial charge in [0, 0.05) is 19.6 Å². The molecular weight excluding hydrogens is 625 g/mol. The van der Waals surface area contributed by atoms with Crippen LogP contribution in [0.2, 0.25) is 0 Å². The Balaban J connectivity index is 4.10. The summed E-state index contributed by atoms with van der Waals surface area (Å²) < 4.78 is 33.3. The molecule has 48 heavy (non-hydrogen) atoms. The third kappa shape index (κ3) is 36.0. The Bertz CT molecular complexity index is 833. The number of rotatable bonds is 37. The first kappa shape index (κ1) is 46.7. The molecule has 0 aromatic heterocycles. The fourth-order valence-corrected chi connectivity index (χ4v) is 5.90. The summed E-state index contributed by atoms with van der Waals surface area (Å²) in [6, 6.07) is 0. The maximum Gasteiger partial charge on any atom is 0.472 e. The molecule has 0 radical (unpaired) electrons. The summed E-state index contributed by atoms with van der Waals surface area (Å²) in [7, 11) is -4.27. The Morgan fingerprint density at radius 1 is 0.625 bits per heavy atom. The lowest BCUT2D eigenvalue weighted by Crippen LogP contribution is -2.28. The minimum absolute atomic E-state index is 0.0966. The molecule has 0 saturated heterocycles. The Kier molecular flexibility index (Phi) is 36.0. The van der Waals surface area contributed by atoms with Crippen molar-refractivity contribution >= 4 is 13.8 Å². The normalized spacial score (nSPS) is 14.0. The topological polar surface area (TPSA) is 117 Å². The zero-order valence-corrected chi connectivity index (χ0v) is 31.9. The van der Waals surface area contributed by atoms with E-state index in [-0.39, 0.29) is 32.3 Å². The highest BCUT2D eigenvalue weighted by atomic mass is 31.2. The summed E-state index contributed by atoms with van der Waals surface area (Å²) in [5, 5.41) is 0. The third-order valence-electron chi connectivity index (χ3n) is 8.03. The molecule has 0 amide bonds. The van der Waals surface area contributed by atoms with Crippen LogP contribution in [0.5, 0.6) is 0 Å². The van der Waals surface area contributed by atoms with Crippen LogP contribution in [0, 0.1) is 0 Å². The van der Waals surface area contributed by atoms with Gasteiger partial charge in [-0.2, -0.15) is 0 Å². The summed E-state index contributed by atoms with van der Waals surface area (Å²) in [6.07, 6.45) is 40.1. The highest BCUT2D eigenvalue weighted by Gasteiger charge is 2.25. The molecule has 2 unspecified atom stereocenters. The van der Waals surface area contributed by atoms with Crippen molar-refractivity contribution in [2.24, 2.45) is 5.73 Å². The molecule has 0 spiro atoms. The first-order chi connectivity index (χ1) is 23.4. The van der Waals surface area contributed by atoms with Gasteiger partial charge in [-0.05, 0) is 70.6 Å². The van der Waals surface area contributed by atoms with E-state index in [1.54, 1.807) is 0 Å². The van der Waals surface area contributed by atoms with Crippen molar-refractivity contribution in [1.29, 1.82) is 0 Å². The molecule has 0 aromatic rings. The fourth-order valence-electron chi connectivity index (χ4n) is 5.14. The van der Waals surface area contributed by atoms with E-state index >= 15 is 0 Å². The number of phosphoric ester groups is 1. The molecule has 0 aliphatic rings. The van der Waals surface area contributed by atoms with Crippen molar-refractivity contribution in [1.82, 2.24) is 0 Å². The number of ether oxygens (including phenoxy) is 2. The minimum Gasteiger partial charge on any atom is -0.457 e. The van der Waals surface area contributed by atoms with Crippen molar-refractivity contribution in [3.63, 3.8) is 0 Å². The van der Waals surface area contributed by atoms with Crippen LogP contribution >= 0.6 is 7.82 Å². The molecule has 0 rings (SSSR count). The number of carbonyl (C=O) groups excluding carboxylic acids is 1. The van der Waals surface area contributed by atoms with Gasteiger partial charge < -0.3 is 20.1 Å². The summed E-state index contributed by atoms with van der Waals surface area (Å²) in [4.78, 5) is 22.4. The van der Waals surface area contributed by atoms with E-state index in [0.29, 0.717) is 13.0 Å². The number of esters is 1. The van der Waals surface area contributed by atoms with Crippen LogP contribution < -0.4 is 5.73 Å². The van der Waals surface area contributed by atoms with E-state index in [1.165, 1.54) is 83.5 Å². The standard InChI is InChI=1S/C39H74NO7P/c1-3-5-7-9-11-13-15-17-18-19-20-21-23-25-27-29-31-34-44-36-38(37-46-48(42,43)45-35-33-40)47-39(41)32-30-28-26-24-22-16-14-12-10-8-6-4-2/h12-15,18-19,38H,3-11,16-17,20-37,40H2,1-2H3,(H,42,43)/b14-12-,15-13-,19-18-. The molecule has 2 atom stereocenters. The second-order valence-electron chi connectivity index (χ2n) is 12.8. The molecule has 9 heteroatoms. The summed E-state index contributed by atoms with van der Waals surface area (Å²) in [6.45, 7) is 4.84. The first-order valence-electron chi connectivity index (χ1n) is 19.5. The van der Waals surface area contributed by atoms with Crippen LogP contribution in [-0.4, -0.2) is 49.9 Å². The lowest BCUT2D eigenvalue weighted by atomic mass is 10.1. The molecule has 0 fully saturated rings. The van der Waals surface area contributed by atoms with Crippen LogP contribution in [0.3, 0.4) is 0 Å². The molecule has 0 aliphatic carbocycles. The van der Waals surface area contributed by atoms with Crippen LogP contribution in [0.15, 0.2) is 36.5 Å². The number of carbonyl (C=O) groups is 1. The van der Waals surface area contributed by atoms with Gasteiger partial charge >= 0.3 is 13.8 Å². The fraction of sp³-hybridized carbons (Fsp3) is 0.821. The Labute approximate surface area is 295 Å². The van der Waals surface area contributed by atoms with E-state index in [0.717, 1.165) is 64.2 Å². The first-order valence-corrected chi connectivity index (χ1v) is 21.0. The monoisotopic (exact) mass is 700 g/mol. The number of allylic oxidation sites excluding steroid dienone is 6. The molecule has 0 aliphatic heterocycles. The molecule has 8 nitrogen and oxygen atoms in total. The Hall–Kier alpha value is -1.28. The highest BCUT2D eigenvalue weighted by Crippen LogP contribution is 2.43. The average molecular weight is 700 g/mol. The largest absolute Gasteiger partial charge is 0.472 e. The predicted molar refractivity (Wildman–Crippen MR) is 201 cm³/mol. The van der Waals surface area contributed by atoms with Crippen LogP contribution in [0.4, 0.5) is 0 Å². The van der Waals surface area contributed by atoms with E-state index in [1.807, 2.05) is 0 Å². The molecule has 0 heterocycles. The molecule has 0 bridgehead atoms. The maximum absolute atomic E-state index is 12.5. The maximum atomic E-state index is 12.5. The SMILES string of the molecule is CCCCC/C=C\CCCCCCCC(=O)OC(COCCCCCCCC/C=C\C/C=C\CCCCCC)COP(=O)(O)OCCN. The minimum atomic E-state index is -4.27. The summed E-state index contributed by atoms with van der Waals surface area (Å²) in [5.74, 6) is -0.345. The van der Waals surface area contributed by atoms with Crippen molar-refractivity contribution in [2.75, 3.05) is 33.0 Å². The second-order valence-corrected chi connectivity index (χ2v) is 14.2. The zero-order chi connectivity index (χ0) is 35.2. The second kappa shape index (κ2) is 37.0. The van der Waals surface area contributed by atoms with Gasteiger partial charge in [0.2, 0.25) is 0 Å². The molecule has 0 saturated carbocycles. The third-order valence-corrected chi connectivity index (χ3v) is 9.01. The lowest BCUT2D eigenvalue weighted by Gasteiger charge is -2.20. The molecule has 282 valence electrons.